The zero-order valence-corrected chi connectivity index (χ0v) is 13.6. The lowest BCUT2D eigenvalue weighted by atomic mass is 10.1. The van der Waals surface area contributed by atoms with Gasteiger partial charge in [-0.3, -0.25) is 0 Å². The van der Waals surface area contributed by atoms with Gasteiger partial charge in [-0.1, -0.05) is 6.58 Å². The van der Waals surface area contributed by atoms with Crippen molar-refractivity contribution < 1.29 is 27.5 Å². The molecule has 0 aromatic rings. The average molecular weight is 304 g/mol. The van der Waals surface area contributed by atoms with Crippen molar-refractivity contribution in [3.05, 3.63) is 12.2 Å². The fraction of sp³-hybridized carbons (Fsp3) is 0.769. The number of epoxide rings is 1. The molecule has 0 aromatic heterocycles. The van der Waals surface area contributed by atoms with Gasteiger partial charge in [0.05, 0.1) is 12.7 Å². The molecule has 1 fully saturated rings. The maximum atomic E-state index is 11.6. The molecular formula is C13H24O6Si. The van der Waals surface area contributed by atoms with Crippen LogP contribution in [0.2, 0.25) is 6.04 Å². The lowest BCUT2D eigenvalue weighted by molar-refractivity contribution is -0.144. The Bertz CT molecular complexity index is 329. The fourth-order valence-corrected chi connectivity index (χ4v) is 3.66. The van der Waals surface area contributed by atoms with E-state index in [1.165, 1.54) is 0 Å². The van der Waals surface area contributed by atoms with Crippen LogP contribution in [0.15, 0.2) is 12.2 Å². The maximum Gasteiger partial charge on any atom is 0.500 e. The van der Waals surface area contributed by atoms with Crippen LogP contribution in [0, 0.1) is 0 Å². The van der Waals surface area contributed by atoms with E-state index >= 15 is 0 Å². The highest BCUT2D eigenvalue weighted by Crippen LogP contribution is 2.24. The van der Waals surface area contributed by atoms with Crippen molar-refractivity contribution in [1.82, 2.24) is 0 Å². The van der Waals surface area contributed by atoms with Gasteiger partial charge in [-0.2, -0.15) is 0 Å². The third kappa shape index (κ3) is 5.33. The van der Waals surface area contributed by atoms with Gasteiger partial charge in [-0.25, -0.2) is 4.79 Å². The summed E-state index contributed by atoms with van der Waals surface area (Å²) in [6.45, 7) is 5.94. The van der Waals surface area contributed by atoms with E-state index in [0.29, 0.717) is 24.5 Å². The van der Waals surface area contributed by atoms with Crippen LogP contribution in [-0.4, -0.2) is 54.9 Å². The summed E-state index contributed by atoms with van der Waals surface area (Å²) in [4.78, 5) is 11.6. The van der Waals surface area contributed by atoms with Crippen molar-refractivity contribution in [1.29, 1.82) is 0 Å². The van der Waals surface area contributed by atoms with Gasteiger partial charge >= 0.3 is 14.8 Å². The molecule has 1 aliphatic rings. The number of rotatable bonds is 10. The number of carbonyl (C=O) groups excluding carboxylic acids is 1. The maximum absolute atomic E-state index is 11.6. The van der Waals surface area contributed by atoms with Crippen LogP contribution in [0.25, 0.3) is 0 Å². The van der Waals surface area contributed by atoms with Crippen LogP contribution in [0.1, 0.15) is 19.8 Å². The summed E-state index contributed by atoms with van der Waals surface area (Å²) in [5.74, 6) is -0.379. The van der Waals surface area contributed by atoms with E-state index < -0.39 is 8.80 Å². The molecule has 0 bridgehead atoms. The lowest BCUT2D eigenvalue weighted by Crippen LogP contribution is -2.43. The molecule has 7 heteroatoms. The van der Waals surface area contributed by atoms with Crippen molar-refractivity contribution >= 4 is 14.8 Å². The molecule has 20 heavy (non-hydrogen) atoms. The first-order chi connectivity index (χ1) is 9.46. The smallest absolute Gasteiger partial charge is 0.459 e. The molecule has 1 rings (SSSR count). The summed E-state index contributed by atoms with van der Waals surface area (Å²) in [7, 11) is 2.06. The molecule has 2 unspecified atom stereocenters. The summed E-state index contributed by atoms with van der Waals surface area (Å²) in [5.41, 5.74) is 0.389. The van der Waals surface area contributed by atoms with Gasteiger partial charge in [0.25, 0.3) is 0 Å². The summed E-state index contributed by atoms with van der Waals surface area (Å²) in [6, 6.07) is 0.581. The van der Waals surface area contributed by atoms with Crippen LogP contribution in [0.4, 0.5) is 0 Å². The van der Waals surface area contributed by atoms with Gasteiger partial charge in [-0.15, -0.1) is 0 Å². The Morgan fingerprint density at radius 3 is 2.30 bits per heavy atom. The van der Waals surface area contributed by atoms with E-state index in [0.717, 1.165) is 6.61 Å². The van der Waals surface area contributed by atoms with Gasteiger partial charge in [0.15, 0.2) is 0 Å². The molecule has 0 aromatic carbocycles. The molecule has 116 valence electrons. The van der Waals surface area contributed by atoms with Crippen molar-refractivity contribution in [3.63, 3.8) is 0 Å². The van der Waals surface area contributed by atoms with E-state index in [1.54, 1.807) is 28.3 Å². The van der Waals surface area contributed by atoms with Crippen LogP contribution in [0.5, 0.6) is 0 Å². The average Bonchev–Trinajstić information content (AvgIpc) is 3.24. The molecule has 0 amide bonds. The first-order valence-corrected chi connectivity index (χ1v) is 8.53. The van der Waals surface area contributed by atoms with E-state index in [1.807, 2.05) is 0 Å². The molecule has 0 aliphatic carbocycles. The molecular weight excluding hydrogens is 280 g/mol. The number of hydrogen-bond acceptors (Lipinski definition) is 6. The van der Waals surface area contributed by atoms with Crippen molar-refractivity contribution in [3.8, 4) is 0 Å². The van der Waals surface area contributed by atoms with Crippen LogP contribution in [0.3, 0.4) is 0 Å². The van der Waals surface area contributed by atoms with E-state index in [2.05, 4.69) is 6.58 Å². The van der Waals surface area contributed by atoms with Crippen molar-refractivity contribution in [2.45, 2.75) is 38.0 Å². The van der Waals surface area contributed by atoms with Gasteiger partial charge in [0.2, 0.25) is 0 Å². The highest BCUT2D eigenvalue weighted by atomic mass is 28.4. The molecule has 1 heterocycles. The first kappa shape index (κ1) is 17.3. The molecule has 0 spiro atoms. The molecule has 1 aliphatic heterocycles. The highest BCUT2D eigenvalue weighted by molar-refractivity contribution is 6.60. The predicted octanol–water partition coefficient (Wildman–Crippen LogP) is 1.53. The SMILES string of the molecule is C=C(C)C(=O)OC(CC[Si](OC)(OC)OC)CC1CO1. The van der Waals surface area contributed by atoms with Crippen molar-refractivity contribution in [2.24, 2.45) is 0 Å². The fourth-order valence-electron chi connectivity index (χ4n) is 1.87. The highest BCUT2D eigenvalue weighted by Gasteiger charge is 2.39. The van der Waals surface area contributed by atoms with Gasteiger partial charge < -0.3 is 22.8 Å². The largest absolute Gasteiger partial charge is 0.500 e. The second-order valence-corrected chi connectivity index (χ2v) is 7.92. The second kappa shape index (κ2) is 7.89. The van der Waals surface area contributed by atoms with Gasteiger partial charge in [0.1, 0.15) is 6.10 Å². The van der Waals surface area contributed by atoms with E-state index in [-0.39, 0.29) is 18.2 Å². The summed E-state index contributed by atoms with van der Waals surface area (Å²) < 4.78 is 26.7. The van der Waals surface area contributed by atoms with E-state index in [4.69, 9.17) is 22.8 Å². The quantitative estimate of drug-likeness (QED) is 0.264. The number of esters is 1. The number of carbonyl (C=O) groups is 1. The Labute approximate surface area is 121 Å². The molecule has 2 atom stereocenters. The topological polar surface area (TPSA) is 66.5 Å². The Morgan fingerprint density at radius 1 is 1.35 bits per heavy atom. The Balaban J connectivity index is 2.54. The second-order valence-electron chi connectivity index (χ2n) is 4.83. The summed E-state index contributed by atoms with van der Waals surface area (Å²) in [6.07, 6.45) is 1.24. The van der Waals surface area contributed by atoms with Gasteiger partial charge in [0, 0.05) is 39.4 Å². The molecule has 0 saturated carbocycles. The predicted molar refractivity (Wildman–Crippen MR) is 75.3 cm³/mol. The Kier molecular flexibility index (Phi) is 6.84. The van der Waals surface area contributed by atoms with Crippen molar-refractivity contribution in [2.75, 3.05) is 27.9 Å². The molecule has 0 N–H and O–H groups in total. The number of ether oxygens (including phenoxy) is 2. The lowest BCUT2D eigenvalue weighted by Gasteiger charge is -2.26. The minimum absolute atomic E-state index is 0.182. The molecule has 1 saturated heterocycles. The summed E-state index contributed by atoms with van der Waals surface area (Å²) >= 11 is 0. The van der Waals surface area contributed by atoms with E-state index in [9.17, 15) is 4.79 Å². The zero-order chi connectivity index (χ0) is 15.2. The molecule has 6 nitrogen and oxygen atoms in total. The van der Waals surface area contributed by atoms with Gasteiger partial charge in [-0.05, 0) is 13.3 Å². The number of hydrogen-bond donors (Lipinski definition) is 0. The normalized spacial score (nSPS) is 19.5. The zero-order valence-electron chi connectivity index (χ0n) is 12.6. The monoisotopic (exact) mass is 304 g/mol. The minimum atomic E-state index is -2.64. The summed E-state index contributed by atoms with van der Waals surface area (Å²) in [5, 5.41) is 0. The van der Waals surface area contributed by atoms with Crippen LogP contribution >= 0.6 is 0 Å². The minimum Gasteiger partial charge on any atom is -0.459 e. The molecule has 0 radical (unpaired) electrons. The Morgan fingerprint density at radius 2 is 1.90 bits per heavy atom. The first-order valence-electron chi connectivity index (χ1n) is 6.60. The van der Waals surface area contributed by atoms with Crippen LogP contribution in [-0.2, 0) is 27.5 Å². The third-order valence-corrected chi connectivity index (χ3v) is 6.02. The van der Waals surface area contributed by atoms with Crippen LogP contribution < -0.4 is 0 Å². The standard InChI is InChI=1S/C13H24O6Si/c1-10(2)13(14)19-11(8-12-9-18-12)6-7-20(15-3,16-4)17-5/h11-12H,1,6-9H2,2-5H3. The third-order valence-electron chi connectivity index (χ3n) is 3.26. The Hall–Kier alpha value is -0.733.